The Bertz CT molecular complexity index is 217. The number of ether oxygens (including phenoxy) is 4. The number of hydrogen-bond acceptors (Lipinski definition) is 4. The van der Waals surface area contributed by atoms with Crippen LogP contribution in [0.2, 0.25) is 0 Å². The summed E-state index contributed by atoms with van der Waals surface area (Å²) in [4.78, 5) is 0. The van der Waals surface area contributed by atoms with Crippen LogP contribution in [-0.2, 0) is 18.9 Å². The maximum atomic E-state index is 5.14. The van der Waals surface area contributed by atoms with Gasteiger partial charge < -0.3 is 18.9 Å². The van der Waals surface area contributed by atoms with Crippen LogP contribution in [0.4, 0.5) is 0 Å². The van der Waals surface area contributed by atoms with Gasteiger partial charge in [0.05, 0.1) is 26.4 Å². The van der Waals surface area contributed by atoms with Crippen LogP contribution >= 0.6 is 0 Å². The van der Waals surface area contributed by atoms with Gasteiger partial charge in [-0.05, 0) is 12.3 Å². The predicted molar refractivity (Wildman–Crippen MR) is 88.8 cm³/mol. The van der Waals surface area contributed by atoms with E-state index in [1.807, 2.05) is 0 Å². The maximum Gasteiger partial charge on any atom is 0.0540 e. The molecule has 0 radical (unpaired) electrons. The van der Waals surface area contributed by atoms with Gasteiger partial charge in [0.1, 0.15) is 0 Å². The molecule has 0 saturated carbocycles. The topological polar surface area (TPSA) is 36.9 Å². The van der Waals surface area contributed by atoms with Crippen LogP contribution in [0, 0.1) is 16.7 Å². The lowest BCUT2D eigenvalue weighted by Gasteiger charge is -2.31. The molecule has 130 valence electrons. The van der Waals surface area contributed by atoms with E-state index >= 15 is 0 Å². The summed E-state index contributed by atoms with van der Waals surface area (Å²) in [6.45, 7) is 14.0. The van der Waals surface area contributed by atoms with Crippen molar-refractivity contribution >= 4 is 0 Å². The lowest BCUT2D eigenvalue weighted by atomic mass is 9.81. The van der Waals surface area contributed by atoms with Gasteiger partial charge in [0, 0.05) is 39.3 Å². The van der Waals surface area contributed by atoms with Crippen LogP contribution in [0.5, 0.6) is 0 Å². The molecule has 4 nitrogen and oxygen atoms in total. The van der Waals surface area contributed by atoms with E-state index in [4.69, 9.17) is 18.9 Å². The highest BCUT2D eigenvalue weighted by molar-refractivity contribution is 4.76. The van der Waals surface area contributed by atoms with Crippen molar-refractivity contribution in [3.05, 3.63) is 0 Å². The third-order valence-corrected chi connectivity index (χ3v) is 4.18. The molecule has 0 atom stereocenters. The summed E-state index contributed by atoms with van der Waals surface area (Å²) in [7, 11) is 6.92. The van der Waals surface area contributed by atoms with Crippen molar-refractivity contribution in [1.82, 2.24) is 0 Å². The van der Waals surface area contributed by atoms with Gasteiger partial charge in [-0.2, -0.15) is 0 Å². The third-order valence-electron chi connectivity index (χ3n) is 4.18. The predicted octanol–water partition coefficient (Wildman–Crippen LogP) is 3.64. The van der Waals surface area contributed by atoms with Gasteiger partial charge >= 0.3 is 0 Å². The Kier molecular flexibility index (Phi) is 13.6. The van der Waals surface area contributed by atoms with E-state index in [0.717, 1.165) is 32.8 Å². The Labute approximate surface area is 132 Å². The molecule has 0 aliphatic carbocycles. The lowest BCUT2D eigenvalue weighted by Crippen LogP contribution is -2.33. The summed E-state index contributed by atoms with van der Waals surface area (Å²) in [6.07, 6.45) is 1.09. The van der Waals surface area contributed by atoms with Gasteiger partial charge in [0.2, 0.25) is 0 Å². The van der Waals surface area contributed by atoms with Gasteiger partial charge in [-0.15, -0.1) is 0 Å². The molecule has 0 aliphatic rings. The average Bonchev–Trinajstić information content (AvgIpc) is 2.40. The molecule has 0 aromatic heterocycles. The van der Waals surface area contributed by atoms with E-state index in [0.29, 0.717) is 5.92 Å². The molecule has 0 aromatic rings. The van der Waals surface area contributed by atoms with Crippen LogP contribution < -0.4 is 0 Å². The Morgan fingerprint density at radius 2 is 1.05 bits per heavy atom. The Balaban J connectivity index is 0. The Morgan fingerprint density at radius 1 is 0.714 bits per heavy atom. The minimum absolute atomic E-state index is 0.156. The molecule has 0 saturated heterocycles. The molecule has 0 heterocycles. The van der Waals surface area contributed by atoms with Crippen molar-refractivity contribution < 1.29 is 18.9 Å². The highest BCUT2D eigenvalue weighted by Gasteiger charge is 2.28. The fourth-order valence-electron chi connectivity index (χ4n) is 1.98. The molecular weight excluding hydrogens is 268 g/mol. The summed E-state index contributed by atoms with van der Waals surface area (Å²) in [5.41, 5.74) is 0.354. The summed E-state index contributed by atoms with van der Waals surface area (Å²) < 4.78 is 20.4. The molecule has 0 amide bonds. The van der Waals surface area contributed by atoms with Gasteiger partial charge in [0.25, 0.3) is 0 Å². The SMILES string of the molecule is CCC(C)(COC)COC.COCC(C)(COC)C(C)C. The second-order valence-corrected chi connectivity index (χ2v) is 6.70. The normalized spacial score (nSPS) is 12.3. The molecule has 0 aromatic carbocycles. The second kappa shape index (κ2) is 12.4. The third kappa shape index (κ3) is 10.2. The summed E-state index contributed by atoms with van der Waals surface area (Å²) in [5, 5.41) is 0. The Morgan fingerprint density at radius 3 is 1.24 bits per heavy atom. The van der Waals surface area contributed by atoms with Crippen molar-refractivity contribution in [2.24, 2.45) is 16.7 Å². The molecule has 0 rings (SSSR count). The van der Waals surface area contributed by atoms with Crippen LogP contribution in [0.25, 0.3) is 0 Å². The van der Waals surface area contributed by atoms with E-state index in [9.17, 15) is 0 Å². The van der Waals surface area contributed by atoms with Gasteiger partial charge in [0.15, 0.2) is 0 Å². The average molecular weight is 306 g/mol. The molecule has 0 spiro atoms. The molecular formula is C17H38O4. The summed E-state index contributed by atoms with van der Waals surface area (Å²) in [6, 6.07) is 0. The maximum absolute atomic E-state index is 5.14. The zero-order valence-electron chi connectivity index (χ0n) is 15.7. The first kappa shape index (κ1) is 23.1. The van der Waals surface area contributed by atoms with Gasteiger partial charge in [-0.1, -0.05) is 34.6 Å². The largest absolute Gasteiger partial charge is 0.384 e. The van der Waals surface area contributed by atoms with E-state index in [1.165, 1.54) is 0 Å². The number of methoxy groups -OCH3 is 4. The van der Waals surface area contributed by atoms with Crippen LogP contribution in [0.3, 0.4) is 0 Å². The van der Waals surface area contributed by atoms with E-state index in [2.05, 4.69) is 34.6 Å². The zero-order chi connectivity index (χ0) is 16.9. The molecule has 4 heteroatoms. The molecule has 0 N–H and O–H groups in total. The van der Waals surface area contributed by atoms with Crippen LogP contribution in [-0.4, -0.2) is 54.9 Å². The first-order chi connectivity index (χ1) is 9.75. The van der Waals surface area contributed by atoms with Crippen molar-refractivity contribution in [2.75, 3.05) is 54.9 Å². The highest BCUT2D eigenvalue weighted by atomic mass is 16.5. The quantitative estimate of drug-likeness (QED) is 0.617. The summed E-state index contributed by atoms with van der Waals surface area (Å²) in [5.74, 6) is 0.586. The molecule has 0 bridgehead atoms. The second-order valence-electron chi connectivity index (χ2n) is 6.70. The fourth-order valence-corrected chi connectivity index (χ4v) is 1.98. The standard InChI is InChI=1S/C9H20O2.C8H18O2/c1-8(2)9(3,6-10-4)7-11-5;1-5-8(2,6-9-3)7-10-4/h8H,6-7H2,1-5H3;5-7H2,1-4H3. The van der Waals surface area contributed by atoms with Crippen LogP contribution in [0.15, 0.2) is 0 Å². The van der Waals surface area contributed by atoms with Gasteiger partial charge in [-0.3, -0.25) is 0 Å². The summed E-state index contributed by atoms with van der Waals surface area (Å²) >= 11 is 0. The van der Waals surface area contributed by atoms with Crippen LogP contribution in [0.1, 0.15) is 41.0 Å². The first-order valence-corrected chi connectivity index (χ1v) is 7.71. The van der Waals surface area contributed by atoms with Crippen molar-refractivity contribution in [3.8, 4) is 0 Å². The number of rotatable bonds is 10. The molecule has 0 unspecified atom stereocenters. The molecule has 0 fully saturated rings. The minimum Gasteiger partial charge on any atom is -0.384 e. The van der Waals surface area contributed by atoms with E-state index in [1.54, 1.807) is 28.4 Å². The lowest BCUT2D eigenvalue weighted by molar-refractivity contribution is -0.00728. The smallest absolute Gasteiger partial charge is 0.0540 e. The zero-order valence-corrected chi connectivity index (χ0v) is 15.7. The Hall–Kier alpha value is -0.160. The van der Waals surface area contributed by atoms with Crippen molar-refractivity contribution in [3.63, 3.8) is 0 Å². The van der Waals surface area contributed by atoms with Crippen molar-refractivity contribution in [1.29, 1.82) is 0 Å². The monoisotopic (exact) mass is 306 g/mol. The van der Waals surface area contributed by atoms with Gasteiger partial charge in [-0.25, -0.2) is 0 Å². The number of hydrogen-bond donors (Lipinski definition) is 0. The van der Waals surface area contributed by atoms with E-state index in [-0.39, 0.29) is 10.8 Å². The molecule has 0 aliphatic heterocycles. The first-order valence-electron chi connectivity index (χ1n) is 7.71. The highest BCUT2D eigenvalue weighted by Crippen LogP contribution is 2.27. The van der Waals surface area contributed by atoms with Crippen molar-refractivity contribution in [2.45, 2.75) is 41.0 Å². The minimum atomic E-state index is 0.156. The molecule has 21 heavy (non-hydrogen) atoms. The fraction of sp³-hybridized carbons (Fsp3) is 1.00. The van der Waals surface area contributed by atoms with E-state index < -0.39 is 0 Å².